The molecule has 110 valence electrons. The summed E-state index contributed by atoms with van der Waals surface area (Å²) in [6, 6.07) is 5.56. The van der Waals surface area contributed by atoms with Gasteiger partial charge in [-0.2, -0.15) is 0 Å². The van der Waals surface area contributed by atoms with Gasteiger partial charge in [0.05, 0.1) is 24.8 Å². The molecule has 1 aromatic rings. The topological polar surface area (TPSA) is 73.6 Å². The van der Waals surface area contributed by atoms with Crippen molar-refractivity contribution in [3.63, 3.8) is 0 Å². The Kier molecular flexibility index (Phi) is 4.98. The second-order valence-electron chi connectivity index (χ2n) is 4.94. The zero-order valence-corrected chi connectivity index (χ0v) is 12.0. The van der Waals surface area contributed by atoms with Crippen molar-refractivity contribution in [1.82, 2.24) is 0 Å². The predicted molar refractivity (Wildman–Crippen MR) is 77.7 cm³/mol. The number of hydrogen-bond donors (Lipinski definition) is 2. The van der Waals surface area contributed by atoms with E-state index in [1.165, 1.54) is 0 Å². The minimum Gasteiger partial charge on any atom is -0.495 e. The monoisotopic (exact) mass is 278 g/mol. The molecule has 1 aromatic carbocycles. The van der Waals surface area contributed by atoms with Crippen molar-refractivity contribution in [3.05, 3.63) is 23.8 Å². The molecule has 5 heteroatoms. The molecule has 0 bridgehead atoms. The number of methoxy groups -OCH3 is 1. The highest BCUT2D eigenvalue weighted by Crippen LogP contribution is 2.29. The van der Waals surface area contributed by atoms with E-state index in [-0.39, 0.29) is 17.9 Å². The first-order chi connectivity index (χ1) is 9.69. The maximum absolute atomic E-state index is 12.3. The SMILES string of the molecule is CCC1OCCC1C(=O)Nc1ccc(CN)cc1OC. The normalized spacial score (nSPS) is 21.8. The van der Waals surface area contributed by atoms with Gasteiger partial charge in [-0.15, -0.1) is 0 Å². The number of anilines is 1. The van der Waals surface area contributed by atoms with Gasteiger partial charge in [0, 0.05) is 13.2 Å². The highest BCUT2D eigenvalue weighted by atomic mass is 16.5. The number of nitrogens with one attached hydrogen (secondary N) is 1. The fourth-order valence-electron chi connectivity index (χ4n) is 2.54. The molecule has 2 unspecified atom stereocenters. The van der Waals surface area contributed by atoms with Crippen LogP contribution in [0, 0.1) is 5.92 Å². The van der Waals surface area contributed by atoms with E-state index >= 15 is 0 Å². The maximum atomic E-state index is 12.3. The smallest absolute Gasteiger partial charge is 0.230 e. The molecule has 1 saturated heterocycles. The molecule has 1 aliphatic rings. The lowest BCUT2D eigenvalue weighted by atomic mass is 9.98. The lowest BCUT2D eigenvalue weighted by molar-refractivity contribution is -0.121. The third-order valence-corrected chi connectivity index (χ3v) is 3.71. The van der Waals surface area contributed by atoms with Crippen LogP contribution in [0.3, 0.4) is 0 Å². The van der Waals surface area contributed by atoms with E-state index < -0.39 is 0 Å². The second kappa shape index (κ2) is 6.72. The van der Waals surface area contributed by atoms with Gasteiger partial charge in [0.25, 0.3) is 0 Å². The number of amides is 1. The minimum absolute atomic E-state index is 0.00634. The van der Waals surface area contributed by atoms with E-state index in [2.05, 4.69) is 5.32 Å². The van der Waals surface area contributed by atoms with Crippen molar-refractivity contribution in [2.75, 3.05) is 19.0 Å². The molecule has 2 rings (SSSR count). The molecule has 3 N–H and O–H groups in total. The van der Waals surface area contributed by atoms with Gasteiger partial charge >= 0.3 is 0 Å². The summed E-state index contributed by atoms with van der Waals surface area (Å²) in [7, 11) is 1.58. The van der Waals surface area contributed by atoms with Crippen molar-refractivity contribution in [1.29, 1.82) is 0 Å². The minimum atomic E-state index is -0.0844. The Hall–Kier alpha value is -1.59. The number of hydrogen-bond acceptors (Lipinski definition) is 4. The Morgan fingerprint density at radius 1 is 1.55 bits per heavy atom. The molecule has 5 nitrogen and oxygen atoms in total. The predicted octanol–water partition coefficient (Wildman–Crippen LogP) is 1.91. The van der Waals surface area contributed by atoms with E-state index in [4.69, 9.17) is 15.2 Å². The molecular formula is C15H22N2O3. The molecule has 20 heavy (non-hydrogen) atoms. The molecule has 2 atom stereocenters. The third-order valence-electron chi connectivity index (χ3n) is 3.71. The van der Waals surface area contributed by atoms with E-state index in [1.54, 1.807) is 7.11 Å². The zero-order chi connectivity index (χ0) is 14.5. The standard InChI is InChI=1S/C15H22N2O3/c1-3-13-11(6-7-20-13)15(18)17-12-5-4-10(9-16)8-14(12)19-2/h4-5,8,11,13H,3,6-7,9,16H2,1-2H3,(H,17,18). The Labute approximate surface area is 119 Å². The van der Waals surface area contributed by atoms with Crippen LogP contribution in [-0.2, 0) is 16.1 Å². The molecule has 0 aliphatic carbocycles. The summed E-state index contributed by atoms with van der Waals surface area (Å²) in [5.41, 5.74) is 7.25. The molecule has 0 aromatic heterocycles. The number of carbonyl (C=O) groups excluding carboxylic acids is 1. The van der Waals surface area contributed by atoms with Gasteiger partial charge in [0.15, 0.2) is 0 Å². The third kappa shape index (κ3) is 3.11. The van der Waals surface area contributed by atoms with Crippen LogP contribution in [0.1, 0.15) is 25.3 Å². The number of carbonyl (C=O) groups is 1. The van der Waals surface area contributed by atoms with Crippen LogP contribution in [-0.4, -0.2) is 25.7 Å². The Morgan fingerprint density at radius 3 is 3.00 bits per heavy atom. The Balaban J connectivity index is 2.11. The zero-order valence-electron chi connectivity index (χ0n) is 12.0. The van der Waals surface area contributed by atoms with Crippen molar-refractivity contribution in [2.24, 2.45) is 11.7 Å². The molecule has 1 aliphatic heterocycles. The largest absolute Gasteiger partial charge is 0.495 e. The summed E-state index contributed by atoms with van der Waals surface area (Å²) in [5, 5.41) is 2.93. The van der Waals surface area contributed by atoms with Gasteiger partial charge in [0.1, 0.15) is 5.75 Å². The summed E-state index contributed by atoms with van der Waals surface area (Å²) in [5.74, 6) is 0.542. The molecule has 1 heterocycles. The number of benzene rings is 1. The van der Waals surface area contributed by atoms with E-state index in [0.717, 1.165) is 18.4 Å². The van der Waals surface area contributed by atoms with Crippen LogP contribution in [0.5, 0.6) is 5.75 Å². The summed E-state index contributed by atoms with van der Waals surface area (Å²) < 4.78 is 10.9. The van der Waals surface area contributed by atoms with E-state index in [9.17, 15) is 4.79 Å². The summed E-state index contributed by atoms with van der Waals surface area (Å²) in [6.07, 6.45) is 1.64. The maximum Gasteiger partial charge on any atom is 0.230 e. The lowest BCUT2D eigenvalue weighted by Gasteiger charge is -2.18. The number of nitrogens with two attached hydrogens (primary N) is 1. The molecular weight excluding hydrogens is 256 g/mol. The van der Waals surface area contributed by atoms with Gasteiger partial charge in [-0.1, -0.05) is 13.0 Å². The number of ether oxygens (including phenoxy) is 2. The van der Waals surface area contributed by atoms with Gasteiger partial charge in [-0.3, -0.25) is 4.79 Å². The molecule has 1 amide bonds. The van der Waals surface area contributed by atoms with E-state index in [1.807, 2.05) is 25.1 Å². The fourth-order valence-corrected chi connectivity index (χ4v) is 2.54. The van der Waals surface area contributed by atoms with Crippen LogP contribution in [0.15, 0.2) is 18.2 Å². The fraction of sp³-hybridized carbons (Fsp3) is 0.533. The summed E-state index contributed by atoms with van der Waals surface area (Å²) in [4.78, 5) is 12.3. The Bertz CT molecular complexity index is 476. The number of rotatable bonds is 5. The second-order valence-corrected chi connectivity index (χ2v) is 4.94. The molecule has 0 saturated carbocycles. The van der Waals surface area contributed by atoms with Gasteiger partial charge in [0.2, 0.25) is 5.91 Å². The van der Waals surface area contributed by atoms with Crippen LogP contribution >= 0.6 is 0 Å². The van der Waals surface area contributed by atoms with Crippen LogP contribution in [0.2, 0.25) is 0 Å². The molecule has 0 spiro atoms. The Morgan fingerprint density at radius 2 is 2.35 bits per heavy atom. The first-order valence-corrected chi connectivity index (χ1v) is 6.99. The lowest BCUT2D eigenvalue weighted by Crippen LogP contribution is -2.29. The van der Waals surface area contributed by atoms with E-state index in [0.29, 0.717) is 24.6 Å². The average Bonchev–Trinajstić information content (AvgIpc) is 2.96. The summed E-state index contributed by atoms with van der Waals surface area (Å²) >= 11 is 0. The average molecular weight is 278 g/mol. The van der Waals surface area contributed by atoms with Crippen LogP contribution in [0.25, 0.3) is 0 Å². The quantitative estimate of drug-likeness (QED) is 0.863. The van der Waals surface area contributed by atoms with Crippen LogP contribution in [0.4, 0.5) is 5.69 Å². The first-order valence-electron chi connectivity index (χ1n) is 6.99. The highest BCUT2D eigenvalue weighted by Gasteiger charge is 2.33. The van der Waals surface area contributed by atoms with Crippen molar-refractivity contribution >= 4 is 11.6 Å². The van der Waals surface area contributed by atoms with Crippen molar-refractivity contribution in [2.45, 2.75) is 32.4 Å². The molecule has 1 fully saturated rings. The van der Waals surface area contributed by atoms with Crippen molar-refractivity contribution in [3.8, 4) is 5.75 Å². The van der Waals surface area contributed by atoms with Crippen molar-refractivity contribution < 1.29 is 14.3 Å². The van der Waals surface area contributed by atoms with Gasteiger partial charge in [-0.05, 0) is 30.5 Å². The first kappa shape index (κ1) is 14.8. The van der Waals surface area contributed by atoms with Gasteiger partial charge < -0.3 is 20.5 Å². The van der Waals surface area contributed by atoms with Crippen LogP contribution < -0.4 is 15.8 Å². The highest BCUT2D eigenvalue weighted by molar-refractivity contribution is 5.94. The van der Waals surface area contributed by atoms with Gasteiger partial charge in [-0.25, -0.2) is 0 Å². The molecule has 0 radical (unpaired) electrons. The summed E-state index contributed by atoms with van der Waals surface area (Å²) in [6.45, 7) is 3.13.